The number of aryl methyl sites for hydroxylation is 1. The highest BCUT2D eigenvalue weighted by Crippen LogP contribution is 2.34. The van der Waals surface area contributed by atoms with Gasteiger partial charge in [-0.2, -0.15) is 0 Å². The van der Waals surface area contributed by atoms with Crippen molar-refractivity contribution in [3.8, 4) is 0 Å². The molecule has 0 amide bonds. The predicted molar refractivity (Wildman–Crippen MR) is 45.9 cm³/mol. The molecule has 0 atom stereocenters. The minimum absolute atomic E-state index is 0.778. The Morgan fingerprint density at radius 3 is 2.45 bits per heavy atom. The molecule has 3 nitrogen and oxygen atoms in total. The summed E-state index contributed by atoms with van der Waals surface area (Å²) in [6.45, 7) is 5.29. The molecule has 0 spiro atoms. The molecule has 0 N–H and O–H groups in total. The summed E-state index contributed by atoms with van der Waals surface area (Å²) in [5, 5.41) is 0.778. The van der Waals surface area contributed by atoms with Crippen LogP contribution in [0.4, 0.5) is 0 Å². The molecule has 0 aromatic carbocycles. The fraction of sp³-hybridized carbons (Fsp3) is 0.429. The van der Waals surface area contributed by atoms with Gasteiger partial charge >= 0.3 is 0 Å². The first-order chi connectivity index (χ1) is 5.02. The molecule has 11 heavy (non-hydrogen) atoms. The quantitative estimate of drug-likeness (QED) is 0.591. The fourth-order valence-electron chi connectivity index (χ4n) is 0.912. The Balaban J connectivity index is 3.25. The van der Waals surface area contributed by atoms with Gasteiger partial charge in [-0.1, -0.05) is 0 Å². The molecule has 4 heteroatoms. The molecule has 1 aromatic rings. The smallest absolute Gasteiger partial charge is 0.115 e. The van der Waals surface area contributed by atoms with Gasteiger partial charge in [0.05, 0.1) is 11.0 Å². The highest BCUT2D eigenvalue weighted by atomic mass is 31.2. The van der Waals surface area contributed by atoms with Crippen LogP contribution >= 0.6 is 7.14 Å². The number of hydrogen-bond donors (Lipinski definition) is 0. The van der Waals surface area contributed by atoms with E-state index in [2.05, 4.69) is 9.97 Å². The van der Waals surface area contributed by atoms with Crippen molar-refractivity contribution in [1.29, 1.82) is 0 Å². The van der Waals surface area contributed by atoms with Crippen LogP contribution in [0, 0.1) is 6.92 Å². The van der Waals surface area contributed by atoms with Crippen LogP contribution in [0.3, 0.4) is 0 Å². The molecule has 1 aromatic heterocycles. The lowest BCUT2D eigenvalue weighted by molar-refractivity contribution is 0.588. The lowest BCUT2D eigenvalue weighted by Gasteiger charge is -2.07. The highest BCUT2D eigenvalue weighted by Gasteiger charge is 2.13. The normalized spacial score (nSPS) is 11.5. The van der Waals surface area contributed by atoms with Crippen LogP contribution in [0.15, 0.2) is 12.5 Å². The van der Waals surface area contributed by atoms with Gasteiger partial charge in [0.25, 0.3) is 0 Å². The van der Waals surface area contributed by atoms with E-state index in [1.54, 1.807) is 19.5 Å². The largest absolute Gasteiger partial charge is 0.319 e. The fourth-order valence-corrected chi connectivity index (χ4v) is 2.09. The summed E-state index contributed by atoms with van der Waals surface area (Å²) in [6.07, 6.45) is 3.09. The van der Waals surface area contributed by atoms with Gasteiger partial charge < -0.3 is 4.57 Å². The summed E-state index contributed by atoms with van der Waals surface area (Å²) in [5.74, 6) is 0. The zero-order valence-corrected chi connectivity index (χ0v) is 7.80. The van der Waals surface area contributed by atoms with Gasteiger partial charge in [-0.25, -0.2) is 9.97 Å². The number of hydrogen-bond acceptors (Lipinski definition) is 3. The van der Waals surface area contributed by atoms with Crippen LogP contribution in [0.5, 0.6) is 0 Å². The van der Waals surface area contributed by atoms with Crippen LogP contribution in [0.25, 0.3) is 0 Å². The van der Waals surface area contributed by atoms with Crippen molar-refractivity contribution >= 4 is 12.4 Å². The van der Waals surface area contributed by atoms with E-state index in [1.165, 1.54) is 6.33 Å². The molecular formula is C7H11N2OP. The van der Waals surface area contributed by atoms with Gasteiger partial charge in [0.1, 0.15) is 13.5 Å². The van der Waals surface area contributed by atoms with Gasteiger partial charge in [-0.3, -0.25) is 0 Å². The van der Waals surface area contributed by atoms with Crippen molar-refractivity contribution in [3.63, 3.8) is 0 Å². The number of rotatable bonds is 1. The molecule has 0 aliphatic heterocycles. The van der Waals surface area contributed by atoms with Crippen molar-refractivity contribution in [3.05, 3.63) is 18.2 Å². The van der Waals surface area contributed by atoms with E-state index in [1.807, 2.05) is 6.92 Å². The van der Waals surface area contributed by atoms with Crippen LogP contribution < -0.4 is 5.30 Å². The van der Waals surface area contributed by atoms with E-state index >= 15 is 0 Å². The standard InChI is InChI=1S/C7H11N2OP/c1-6-7(11(2,3)10)4-8-5-9-6/h4-5H,1-3H3. The van der Waals surface area contributed by atoms with E-state index in [0.29, 0.717) is 0 Å². The van der Waals surface area contributed by atoms with E-state index in [-0.39, 0.29) is 0 Å². The minimum atomic E-state index is -2.18. The van der Waals surface area contributed by atoms with E-state index < -0.39 is 7.14 Å². The Labute approximate surface area is 66.3 Å². The number of nitrogens with zero attached hydrogens (tertiary/aromatic N) is 2. The minimum Gasteiger partial charge on any atom is -0.319 e. The highest BCUT2D eigenvalue weighted by molar-refractivity contribution is 7.70. The third-order valence-corrected chi connectivity index (χ3v) is 3.07. The Bertz CT molecular complexity index is 305. The maximum atomic E-state index is 11.6. The van der Waals surface area contributed by atoms with Crippen molar-refractivity contribution in [2.75, 3.05) is 13.3 Å². The Morgan fingerprint density at radius 1 is 1.45 bits per heavy atom. The van der Waals surface area contributed by atoms with Gasteiger partial charge in [0.2, 0.25) is 0 Å². The molecule has 0 aliphatic carbocycles. The second-order valence-electron chi connectivity index (χ2n) is 2.84. The molecular weight excluding hydrogens is 159 g/mol. The van der Waals surface area contributed by atoms with Crippen molar-refractivity contribution < 1.29 is 4.57 Å². The summed E-state index contributed by atoms with van der Waals surface area (Å²) in [7, 11) is -2.18. The molecule has 0 saturated carbocycles. The van der Waals surface area contributed by atoms with Crippen LogP contribution in [-0.4, -0.2) is 23.3 Å². The van der Waals surface area contributed by atoms with Gasteiger partial charge in [-0.15, -0.1) is 0 Å². The Morgan fingerprint density at radius 2 is 2.09 bits per heavy atom. The van der Waals surface area contributed by atoms with Gasteiger partial charge in [-0.05, 0) is 20.3 Å². The topological polar surface area (TPSA) is 42.9 Å². The molecule has 0 aliphatic rings. The summed E-state index contributed by atoms with van der Waals surface area (Å²) in [6, 6.07) is 0. The maximum Gasteiger partial charge on any atom is 0.115 e. The number of aromatic nitrogens is 2. The average molecular weight is 170 g/mol. The first-order valence-corrected chi connectivity index (χ1v) is 5.94. The first kappa shape index (κ1) is 8.41. The summed E-state index contributed by atoms with van der Waals surface area (Å²) < 4.78 is 11.6. The van der Waals surface area contributed by atoms with Crippen molar-refractivity contribution in [2.24, 2.45) is 0 Å². The molecule has 0 bridgehead atoms. The first-order valence-electron chi connectivity index (χ1n) is 3.34. The molecule has 0 unspecified atom stereocenters. The van der Waals surface area contributed by atoms with Crippen molar-refractivity contribution in [2.45, 2.75) is 6.92 Å². The van der Waals surface area contributed by atoms with E-state index in [9.17, 15) is 4.57 Å². The molecule has 0 saturated heterocycles. The van der Waals surface area contributed by atoms with E-state index in [0.717, 1.165) is 11.0 Å². The molecule has 1 rings (SSSR count). The van der Waals surface area contributed by atoms with Crippen LogP contribution in [-0.2, 0) is 4.57 Å². The lowest BCUT2D eigenvalue weighted by atomic mass is 10.5. The zero-order chi connectivity index (χ0) is 8.48. The Hall–Kier alpha value is -0.690. The van der Waals surface area contributed by atoms with Gasteiger partial charge in [0.15, 0.2) is 0 Å². The second kappa shape index (κ2) is 2.74. The van der Waals surface area contributed by atoms with E-state index in [4.69, 9.17) is 0 Å². The summed E-state index contributed by atoms with van der Waals surface area (Å²) in [4.78, 5) is 7.79. The molecule has 1 heterocycles. The van der Waals surface area contributed by atoms with Crippen LogP contribution in [0.1, 0.15) is 5.69 Å². The lowest BCUT2D eigenvalue weighted by Crippen LogP contribution is -2.09. The maximum absolute atomic E-state index is 11.6. The SMILES string of the molecule is Cc1ncncc1P(C)(C)=O. The van der Waals surface area contributed by atoms with Gasteiger partial charge in [0, 0.05) is 6.20 Å². The third kappa shape index (κ3) is 1.87. The summed E-state index contributed by atoms with van der Waals surface area (Å²) in [5.41, 5.74) is 0.813. The molecule has 60 valence electrons. The average Bonchev–Trinajstić information content (AvgIpc) is 1.86. The Kier molecular flexibility index (Phi) is 2.10. The molecule has 0 fully saturated rings. The van der Waals surface area contributed by atoms with Crippen molar-refractivity contribution in [1.82, 2.24) is 9.97 Å². The summed E-state index contributed by atoms with van der Waals surface area (Å²) >= 11 is 0. The predicted octanol–water partition coefficient (Wildman–Crippen LogP) is 1.03. The van der Waals surface area contributed by atoms with Crippen LogP contribution in [0.2, 0.25) is 0 Å². The second-order valence-corrected chi connectivity index (χ2v) is 6.03. The monoisotopic (exact) mass is 170 g/mol. The third-order valence-electron chi connectivity index (χ3n) is 1.47. The zero-order valence-electron chi connectivity index (χ0n) is 6.90. The molecule has 0 radical (unpaired) electrons.